The molecule has 0 aliphatic heterocycles. The van der Waals surface area contributed by atoms with Gasteiger partial charge >= 0.3 is 5.97 Å². The Kier molecular flexibility index (Phi) is 10.1. The summed E-state index contributed by atoms with van der Waals surface area (Å²) in [7, 11) is 3.98. The van der Waals surface area contributed by atoms with E-state index in [0.717, 1.165) is 29.8 Å². The molecule has 0 saturated carbocycles. The minimum Gasteiger partial charge on any atom is -0.508 e. The summed E-state index contributed by atoms with van der Waals surface area (Å²) in [6.45, 7) is 2.08. The van der Waals surface area contributed by atoms with Crippen molar-refractivity contribution in [3.05, 3.63) is 106 Å². The molecule has 1 atom stereocenters. The predicted octanol–water partition coefficient (Wildman–Crippen LogP) is 4.95. The molecule has 1 amide bonds. The van der Waals surface area contributed by atoms with Crippen molar-refractivity contribution in [1.82, 2.24) is 20.5 Å². The van der Waals surface area contributed by atoms with Crippen molar-refractivity contribution in [3.63, 3.8) is 0 Å². The van der Waals surface area contributed by atoms with Gasteiger partial charge in [0.25, 0.3) is 5.91 Å². The molecule has 0 unspecified atom stereocenters. The molecule has 0 aliphatic carbocycles. The summed E-state index contributed by atoms with van der Waals surface area (Å²) < 4.78 is 0. The lowest BCUT2D eigenvalue weighted by Gasteiger charge is -2.20. The van der Waals surface area contributed by atoms with Crippen LogP contribution in [0.15, 0.2) is 72.8 Å². The zero-order valence-electron chi connectivity index (χ0n) is 23.0. The highest BCUT2D eigenvalue weighted by atomic mass is 35.5. The monoisotopic (exact) mass is 572 g/mol. The van der Waals surface area contributed by atoms with Crippen LogP contribution in [0.2, 0.25) is 5.02 Å². The summed E-state index contributed by atoms with van der Waals surface area (Å²) in [4.78, 5) is 32.1. The van der Waals surface area contributed by atoms with Crippen LogP contribution in [0.3, 0.4) is 0 Å². The number of benzene rings is 3. The van der Waals surface area contributed by atoms with Gasteiger partial charge in [-0.2, -0.15) is 0 Å². The summed E-state index contributed by atoms with van der Waals surface area (Å²) in [6.07, 6.45) is 4.31. The molecular formula is C32H33ClN4O4. The number of hydrogen-bond donors (Lipinski definition) is 4. The van der Waals surface area contributed by atoms with Crippen molar-refractivity contribution >= 4 is 46.5 Å². The Bertz CT molecular complexity index is 1540. The van der Waals surface area contributed by atoms with E-state index in [1.165, 1.54) is 6.07 Å². The molecule has 41 heavy (non-hydrogen) atoms. The number of carbonyl (C=O) groups excluding carboxylic acids is 1. The van der Waals surface area contributed by atoms with Crippen LogP contribution in [0.1, 0.15) is 37.5 Å². The van der Waals surface area contributed by atoms with Crippen molar-refractivity contribution in [1.29, 1.82) is 0 Å². The van der Waals surface area contributed by atoms with Gasteiger partial charge in [-0.05, 0) is 79.7 Å². The molecule has 4 rings (SSSR count). The molecule has 0 radical (unpaired) electrons. The number of aromatic carboxylic acids is 1. The molecule has 1 heterocycles. The first-order chi connectivity index (χ1) is 19.7. The quantitative estimate of drug-likeness (QED) is 0.140. The Labute approximate surface area is 244 Å². The number of rotatable bonds is 12. The van der Waals surface area contributed by atoms with E-state index in [-0.39, 0.29) is 23.0 Å². The highest BCUT2D eigenvalue weighted by Gasteiger charge is 2.20. The molecule has 3 aromatic carbocycles. The summed E-state index contributed by atoms with van der Waals surface area (Å²) >= 11 is 5.96. The number of hydrogen-bond acceptors (Lipinski definition) is 6. The first kappa shape index (κ1) is 29.7. The molecule has 0 bridgehead atoms. The third-order valence-corrected chi connectivity index (χ3v) is 6.77. The Morgan fingerprint density at radius 1 is 0.976 bits per heavy atom. The normalized spacial score (nSPS) is 12.2. The predicted molar refractivity (Wildman–Crippen MR) is 164 cm³/mol. The van der Waals surface area contributed by atoms with Gasteiger partial charge in [0.1, 0.15) is 11.4 Å². The highest BCUT2D eigenvalue weighted by Crippen LogP contribution is 2.22. The van der Waals surface area contributed by atoms with Gasteiger partial charge < -0.3 is 25.7 Å². The number of nitrogens with one attached hydrogen (secondary N) is 2. The van der Waals surface area contributed by atoms with Crippen LogP contribution >= 0.6 is 11.6 Å². The van der Waals surface area contributed by atoms with E-state index in [0.29, 0.717) is 28.9 Å². The van der Waals surface area contributed by atoms with E-state index < -0.39 is 11.9 Å². The maximum Gasteiger partial charge on any atom is 0.336 e. The SMILES string of the molecule is CN(C)CCNC[C@H](Cc1ccc(O)cc1)NC(=O)c1cc(C(=O)O)c2cc(C=Cc3ccc(Cl)cc3)ccc2n1. The van der Waals surface area contributed by atoms with E-state index in [4.69, 9.17) is 11.6 Å². The maximum atomic E-state index is 13.3. The minimum atomic E-state index is -1.14. The Hall–Kier alpha value is -4.24. The molecule has 4 N–H and O–H groups in total. The van der Waals surface area contributed by atoms with Gasteiger partial charge in [0.15, 0.2) is 0 Å². The lowest BCUT2D eigenvalue weighted by Crippen LogP contribution is -2.44. The molecular weight excluding hydrogens is 540 g/mol. The minimum absolute atomic E-state index is 0.00101. The largest absolute Gasteiger partial charge is 0.508 e. The maximum absolute atomic E-state index is 13.3. The fourth-order valence-corrected chi connectivity index (χ4v) is 4.46. The van der Waals surface area contributed by atoms with Crippen LogP contribution in [0.5, 0.6) is 5.75 Å². The third-order valence-electron chi connectivity index (χ3n) is 6.51. The first-order valence-electron chi connectivity index (χ1n) is 13.2. The van der Waals surface area contributed by atoms with Crippen molar-refractivity contribution in [3.8, 4) is 5.75 Å². The number of pyridine rings is 1. The number of aromatic hydroxyl groups is 1. The molecule has 9 heteroatoms. The number of halogens is 1. The van der Waals surface area contributed by atoms with E-state index >= 15 is 0 Å². The smallest absolute Gasteiger partial charge is 0.336 e. The second-order valence-electron chi connectivity index (χ2n) is 10.1. The fourth-order valence-electron chi connectivity index (χ4n) is 4.34. The number of carboxylic acids is 1. The molecule has 0 aliphatic rings. The van der Waals surface area contributed by atoms with E-state index in [1.807, 2.05) is 56.6 Å². The van der Waals surface area contributed by atoms with E-state index in [1.54, 1.807) is 36.4 Å². The van der Waals surface area contributed by atoms with Gasteiger partial charge in [-0.1, -0.05) is 54.1 Å². The molecule has 212 valence electrons. The number of phenolic OH excluding ortho intramolecular Hbond substituents is 1. The Morgan fingerprint density at radius 2 is 1.66 bits per heavy atom. The van der Waals surface area contributed by atoms with Crippen LogP contribution in [0.4, 0.5) is 0 Å². The van der Waals surface area contributed by atoms with E-state index in [9.17, 15) is 19.8 Å². The van der Waals surface area contributed by atoms with Gasteiger partial charge in [-0.3, -0.25) is 4.79 Å². The number of carboxylic acid groups (broad SMARTS) is 1. The zero-order chi connectivity index (χ0) is 29.4. The summed E-state index contributed by atoms with van der Waals surface area (Å²) in [6, 6.07) is 20.6. The average molecular weight is 573 g/mol. The number of carbonyl (C=O) groups is 2. The fraction of sp³-hybridized carbons (Fsp3) is 0.219. The lowest BCUT2D eigenvalue weighted by atomic mass is 10.0. The summed E-state index contributed by atoms with van der Waals surface area (Å²) in [5.41, 5.74) is 3.14. The van der Waals surface area contributed by atoms with Crippen molar-refractivity contribution in [2.75, 3.05) is 33.7 Å². The van der Waals surface area contributed by atoms with Gasteiger partial charge in [0, 0.05) is 36.1 Å². The number of likely N-dealkylation sites (N-methyl/N-ethyl adjacent to an activating group) is 1. The summed E-state index contributed by atoms with van der Waals surface area (Å²) in [5, 5.41) is 27.1. The van der Waals surface area contributed by atoms with Gasteiger partial charge in [-0.25, -0.2) is 9.78 Å². The number of aromatic nitrogens is 1. The van der Waals surface area contributed by atoms with Crippen LogP contribution in [0.25, 0.3) is 23.1 Å². The molecule has 0 spiro atoms. The Balaban J connectivity index is 1.56. The van der Waals surface area contributed by atoms with E-state index in [2.05, 4.69) is 20.5 Å². The number of fused-ring (bicyclic) bond motifs is 1. The van der Waals surface area contributed by atoms with Crippen molar-refractivity contribution in [2.24, 2.45) is 0 Å². The van der Waals surface area contributed by atoms with Crippen LogP contribution in [-0.2, 0) is 6.42 Å². The molecule has 0 saturated heterocycles. The number of nitrogens with zero attached hydrogens (tertiary/aromatic N) is 2. The third kappa shape index (κ3) is 8.62. The standard InChI is InChI=1S/C32H33ClN4O4/c1-37(2)16-15-34-20-25(17-22-7-12-26(38)13-8-22)35-31(39)30-19-28(32(40)41)27-18-23(9-14-29(27)36-30)4-3-21-5-10-24(33)11-6-21/h3-14,18-19,25,34,38H,15-17,20H2,1-2H3,(H,35,39)(H,40,41)/t25-/m0/s1. The lowest BCUT2D eigenvalue weighted by molar-refractivity contribution is 0.0699. The number of phenols is 1. The van der Waals surface area contributed by atoms with Crippen molar-refractivity contribution in [2.45, 2.75) is 12.5 Å². The molecule has 8 nitrogen and oxygen atoms in total. The topological polar surface area (TPSA) is 115 Å². The highest BCUT2D eigenvalue weighted by molar-refractivity contribution is 6.30. The van der Waals surface area contributed by atoms with Gasteiger partial charge in [-0.15, -0.1) is 0 Å². The average Bonchev–Trinajstić information content (AvgIpc) is 2.95. The first-order valence-corrected chi connectivity index (χ1v) is 13.6. The van der Waals surface area contributed by atoms with Crippen LogP contribution in [-0.4, -0.2) is 71.7 Å². The molecule has 0 fully saturated rings. The van der Waals surface area contributed by atoms with Gasteiger partial charge in [0.05, 0.1) is 11.1 Å². The zero-order valence-corrected chi connectivity index (χ0v) is 23.7. The molecule has 4 aromatic rings. The van der Waals surface area contributed by atoms with Gasteiger partial charge in [0.2, 0.25) is 0 Å². The second-order valence-corrected chi connectivity index (χ2v) is 10.5. The number of amides is 1. The molecule has 1 aromatic heterocycles. The van der Waals surface area contributed by atoms with Crippen molar-refractivity contribution < 1.29 is 19.8 Å². The van der Waals surface area contributed by atoms with Crippen LogP contribution < -0.4 is 10.6 Å². The van der Waals surface area contributed by atoms with Crippen LogP contribution in [0, 0.1) is 0 Å². The Morgan fingerprint density at radius 3 is 2.34 bits per heavy atom. The summed E-state index contributed by atoms with van der Waals surface area (Å²) in [5.74, 6) is -1.43. The second kappa shape index (κ2) is 13.9.